The van der Waals surface area contributed by atoms with E-state index in [0.717, 1.165) is 10.9 Å². The van der Waals surface area contributed by atoms with Crippen molar-refractivity contribution in [2.45, 2.75) is 19.4 Å². The lowest BCUT2D eigenvalue weighted by Crippen LogP contribution is -2.40. The standard InChI is InChI=1S/C16H17NO/c1-4-16(3,17-12(2)18)15-10-9-13-7-5-6-8-14(13)11-15/h4-11H,1H2,2-3H3,(H,17,18). The van der Waals surface area contributed by atoms with E-state index in [2.05, 4.69) is 36.2 Å². The Balaban J connectivity index is 2.51. The van der Waals surface area contributed by atoms with Crippen molar-refractivity contribution in [3.05, 3.63) is 60.7 Å². The normalized spacial score (nSPS) is 13.9. The molecule has 92 valence electrons. The quantitative estimate of drug-likeness (QED) is 0.817. The first-order valence-corrected chi connectivity index (χ1v) is 5.97. The molecule has 0 aliphatic rings. The van der Waals surface area contributed by atoms with Crippen molar-refractivity contribution in [3.8, 4) is 0 Å². The van der Waals surface area contributed by atoms with Crippen molar-refractivity contribution in [2.75, 3.05) is 0 Å². The van der Waals surface area contributed by atoms with Crippen LogP contribution in [0.15, 0.2) is 55.1 Å². The minimum absolute atomic E-state index is 0.0643. The summed E-state index contributed by atoms with van der Waals surface area (Å²) >= 11 is 0. The third kappa shape index (κ3) is 2.28. The van der Waals surface area contributed by atoms with E-state index in [0.29, 0.717) is 0 Å². The second-order valence-corrected chi connectivity index (χ2v) is 4.65. The molecule has 1 unspecified atom stereocenters. The number of amides is 1. The molecular formula is C16H17NO. The largest absolute Gasteiger partial charge is 0.344 e. The van der Waals surface area contributed by atoms with Crippen molar-refractivity contribution in [1.29, 1.82) is 0 Å². The van der Waals surface area contributed by atoms with Crippen LogP contribution in [0.3, 0.4) is 0 Å². The fraction of sp³-hybridized carbons (Fsp3) is 0.188. The van der Waals surface area contributed by atoms with Crippen LogP contribution in [-0.2, 0) is 10.3 Å². The molecule has 2 aromatic rings. The van der Waals surface area contributed by atoms with Crippen molar-refractivity contribution >= 4 is 16.7 Å². The van der Waals surface area contributed by atoms with Gasteiger partial charge < -0.3 is 5.32 Å². The fourth-order valence-corrected chi connectivity index (χ4v) is 2.12. The van der Waals surface area contributed by atoms with Gasteiger partial charge >= 0.3 is 0 Å². The molecule has 2 heteroatoms. The number of benzene rings is 2. The van der Waals surface area contributed by atoms with Crippen LogP contribution in [-0.4, -0.2) is 5.91 Å². The van der Waals surface area contributed by atoms with Gasteiger partial charge in [-0.3, -0.25) is 4.79 Å². The van der Waals surface area contributed by atoms with Gasteiger partial charge in [-0.15, -0.1) is 6.58 Å². The predicted molar refractivity (Wildman–Crippen MR) is 75.3 cm³/mol. The van der Waals surface area contributed by atoms with E-state index in [1.807, 2.05) is 25.1 Å². The van der Waals surface area contributed by atoms with E-state index in [9.17, 15) is 4.79 Å². The molecule has 1 amide bonds. The van der Waals surface area contributed by atoms with Crippen LogP contribution in [0.25, 0.3) is 10.8 Å². The number of hydrogen-bond donors (Lipinski definition) is 1. The predicted octanol–water partition coefficient (Wildman–Crippen LogP) is 3.38. The summed E-state index contributed by atoms with van der Waals surface area (Å²) in [5.74, 6) is -0.0643. The maximum Gasteiger partial charge on any atom is 0.217 e. The van der Waals surface area contributed by atoms with Gasteiger partial charge in [-0.2, -0.15) is 0 Å². The Kier molecular flexibility index (Phi) is 3.19. The topological polar surface area (TPSA) is 29.1 Å². The minimum atomic E-state index is -0.532. The first-order valence-electron chi connectivity index (χ1n) is 5.97. The molecule has 18 heavy (non-hydrogen) atoms. The Bertz CT molecular complexity index is 603. The Hall–Kier alpha value is -2.09. The molecule has 0 spiro atoms. The van der Waals surface area contributed by atoms with Crippen molar-refractivity contribution in [1.82, 2.24) is 5.32 Å². The highest BCUT2D eigenvalue weighted by Crippen LogP contribution is 2.25. The first-order chi connectivity index (χ1) is 8.55. The number of nitrogens with one attached hydrogen (secondary N) is 1. The molecule has 2 rings (SSSR count). The van der Waals surface area contributed by atoms with Crippen molar-refractivity contribution in [3.63, 3.8) is 0 Å². The summed E-state index contributed by atoms with van der Waals surface area (Å²) in [5.41, 5.74) is 0.502. The van der Waals surface area contributed by atoms with Gasteiger partial charge in [0.15, 0.2) is 0 Å². The van der Waals surface area contributed by atoms with Crippen LogP contribution in [0, 0.1) is 0 Å². The Labute approximate surface area is 107 Å². The van der Waals surface area contributed by atoms with Crippen molar-refractivity contribution in [2.24, 2.45) is 0 Å². The van der Waals surface area contributed by atoms with E-state index in [1.54, 1.807) is 6.08 Å². The van der Waals surface area contributed by atoms with Crippen LogP contribution in [0.2, 0.25) is 0 Å². The highest BCUT2D eigenvalue weighted by Gasteiger charge is 2.23. The zero-order valence-corrected chi connectivity index (χ0v) is 10.7. The highest BCUT2D eigenvalue weighted by atomic mass is 16.1. The van der Waals surface area contributed by atoms with Gasteiger partial charge in [0, 0.05) is 6.92 Å². The summed E-state index contributed by atoms with van der Waals surface area (Å²) in [5, 5.41) is 5.28. The average molecular weight is 239 g/mol. The van der Waals surface area contributed by atoms with Gasteiger partial charge in [0.1, 0.15) is 0 Å². The van der Waals surface area contributed by atoms with Crippen LogP contribution in [0.4, 0.5) is 0 Å². The molecule has 2 aromatic carbocycles. The number of carbonyl (C=O) groups excluding carboxylic acids is 1. The number of rotatable bonds is 3. The lowest BCUT2D eigenvalue weighted by Gasteiger charge is -2.27. The van der Waals surface area contributed by atoms with E-state index in [4.69, 9.17) is 0 Å². The number of carbonyl (C=O) groups is 1. The average Bonchev–Trinajstić information content (AvgIpc) is 2.37. The monoisotopic (exact) mass is 239 g/mol. The van der Waals surface area contributed by atoms with Gasteiger partial charge in [-0.25, -0.2) is 0 Å². The van der Waals surface area contributed by atoms with Gasteiger partial charge in [0.2, 0.25) is 5.91 Å². The molecule has 0 heterocycles. The van der Waals surface area contributed by atoms with E-state index >= 15 is 0 Å². The maximum atomic E-state index is 11.3. The molecule has 0 saturated carbocycles. The molecule has 0 aliphatic carbocycles. The lowest BCUT2D eigenvalue weighted by atomic mass is 9.90. The molecule has 0 aliphatic heterocycles. The Morgan fingerprint density at radius 1 is 1.22 bits per heavy atom. The molecule has 2 nitrogen and oxygen atoms in total. The minimum Gasteiger partial charge on any atom is -0.344 e. The second-order valence-electron chi connectivity index (χ2n) is 4.65. The molecule has 0 bridgehead atoms. The van der Waals surface area contributed by atoms with Crippen LogP contribution in [0.5, 0.6) is 0 Å². The molecule has 0 saturated heterocycles. The summed E-state index contributed by atoms with van der Waals surface area (Å²) in [6, 6.07) is 14.3. The molecule has 1 atom stereocenters. The number of hydrogen-bond acceptors (Lipinski definition) is 1. The summed E-state index contributed by atoms with van der Waals surface area (Å²) in [7, 11) is 0. The zero-order valence-electron chi connectivity index (χ0n) is 10.7. The highest BCUT2D eigenvalue weighted by molar-refractivity contribution is 5.83. The van der Waals surface area contributed by atoms with Crippen LogP contribution in [0.1, 0.15) is 19.4 Å². The van der Waals surface area contributed by atoms with Crippen LogP contribution < -0.4 is 5.32 Å². The van der Waals surface area contributed by atoms with E-state index in [-0.39, 0.29) is 5.91 Å². The van der Waals surface area contributed by atoms with E-state index in [1.165, 1.54) is 12.3 Å². The summed E-state index contributed by atoms with van der Waals surface area (Å²) in [4.78, 5) is 11.3. The first kappa shape index (κ1) is 12.4. The summed E-state index contributed by atoms with van der Waals surface area (Å²) in [6.07, 6.45) is 1.76. The molecule has 0 fully saturated rings. The molecule has 0 aromatic heterocycles. The van der Waals surface area contributed by atoms with Crippen molar-refractivity contribution < 1.29 is 4.79 Å². The van der Waals surface area contributed by atoms with E-state index < -0.39 is 5.54 Å². The Morgan fingerprint density at radius 2 is 1.89 bits per heavy atom. The van der Waals surface area contributed by atoms with Gasteiger partial charge in [-0.1, -0.05) is 42.5 Å². The smallest absolute Gasteiger partial charge is 0.217 e. The molecular weight excluding hydrogens is 222 g/mol. The Morgan fingerprint density at radius 3 is 2.50 bits per heavy atom. The molecule has 0 radical (unpaired) electrons. The van der Waals surface area contributed by atoms with Gasteiger partial charge in [0.25, 0.3) is 0 Å². The lowest BCUT2D eigenvalue weighted by molar-refractivity contribution is -0.120. The summed E-state index contributed by atoms with van der Waals surface area (Å²) in [6.45, 7) is 7.29. The third-order valence-corrected chi connectivity index (χ3v) is 3.19. The third-order valence-electron chi connectivity index (χ3n) is 3.19. The second kappa shape index (κ2) is 4.65. The SMILES string of the molecule is C=CC(C)(NC(C)=O)c1ccc2ccccc2c1. The summed E-state index contributed by atoms with van der Waals surface area (Å²) < 4.78 is 0. The van der Waals surface area contributed by atoms with Gasteiger partial charge in [0.05, 0.1) is 5.54 Å². The van der Waals surface area contributed by atoms with Gasteiger partial charge in [-0.05, 0) is 29.3 Å². The van der Waals surface area contributed by atoms with Crippen LogP contribution >= 0.6 is 0 Å². The fourth-order valence-electron chi connectivity index (χ4n) is 2.12. The number of fused-ring (bicyclic) bond motifs is 1. The molecule has 1 N–H and O–H groups in total. The zero-order chi connectivity index (χ0) is 13.2. The maximum absolute atomic E-state index is 11.3.